The Morgan fingerprint density at radius 1 is 0.952 bits per heavy atom. The molecule has 2 aromatic rings. The Bertz CT molecular complexity index is 585. The molecule has 2 aromatic carbocycles. The first kappa shape index (κ1) is 16.5. The summed E-state index contributed by atoms with van der Waals surface area (Å²) in [5.74, 6) is 0.429. The Morgan fingerprint density at radius 2 is 1.48 bits per heavy atom. The topological polar surface area (TPSA) is 38.3 Å². The third-order valence-corrected chi connectivity index (χ3v) is 3.84. The summed E-state index contributed by atoms with van der Waals surface area (Å²) in [5.41, 5.74) is 0.566. The van der Waals surface area contributed by atoms with Crippen molar-refractivity contribution in [1.82, 2.24) is 5.32 Å². The minimum atomic E-state index is -0.784. The van der Waals surface area contributed by atoms with Crippen LogP contribution in [-0.4, -0.2) is 14.3 Å². The summed E-state index contributed by atoms with van der Waals surface area (Å²) in [6.07, 6.45) is -0.660. The van der Waals surface area contributed by atoms with Crippen LogP contribution in [0.25, 0.3) is 0 Å². The fourth-order valence-electron chi connectivity index (χ4n) is 1.61. The first-order valence-corrected chi connectivity index (χ1v) is 8.49. The highest BCUT2D eigenvalue weighted by molar-refractivity contribution is 9.39. The van der Waals surface area contributed by atoms with Gasteiger partial charge in [0.1, 0.15) is 5.75 Å². The van der Waals surface area contributed by atoms with E-state index in [0.29, 0.717) is 11.3 Å². The van der Waals surface area contributed by atoms with Gasteiger partial charge in [-0.15, -0.1) is 0 Å². The SMILES string of the molecule is O=C(N[C@@H](Oc1ccccc1)C(Br)(Br)Br)c1ccccc1. The molecule has 0 heterocycles. The molecule has 1 amide bonds. The molecule has 110 valence electrons. The number of ether oxygens (including phenoxy) is 1. The van der Waals surface area contributed by atoms with Crippen LogP contribution in [0, 0.1) is 0 Å². The van der Waals surface area contributed by atoms with Crippen LogP contribution in [-0.2, 0) is 0 Å². The fourth-order valence-corrected chi connectivity index (χ4v) is 2.23. The molecule has 0 fully saturated rings. The zero-order chi connectivity index (χ0) is 15.3. The number of carbonyl (C=O) groups excluding carboxylic acids is 1. The molecule has 0 spiro atoms. The molecular formula is C15H12Br3NO2. The predicted octanol–water partition coefficient (Wildman–Crippen LogP) is 4.66. The number of nitrogens with one attached hydrogen (secondary N) is 1. The van der Waals surface area contributed by atoms with Crippen molar-refractivity contribution >= 4 is 53.7 Å². The first-order valence-electron chi connectivity index (χ1n) is 6.11. The third kappa shape index (κ3) is 5.13. The van der Waals surface area contributed by atoms with E-state index in [2.05, 4.69) is 53.1 Å². The van der Waals surface area contributed by atoms with Crippen molar-refractivity contribution in [3.05, 3.63) is 66.2 Å². The van der Waals surface area contributed by atoms with E-state index < -0.39 is 8.37 Å². The number of rotatable bonds is 4. The van der Waals surface area contributed by atoms with Crippen molar-refractivity contribution in [2.75, 3.05) is 0 Å². The van der Waals surface area contributed by atoms with Gasteiger partial charge in [-0.25, -0.2) is 0 Å². The van der Waals surface area contributed by atoms with Crippen molar-refractivity contribution in [2.24, 2.45) is 0 Å². The van der Waals surface area contributed by atoms with Crippen LogP contribution in [0.4, 0.5) is 0 Å². The summed E-state index contributed by atoms with van der Waals surface area (Å²) >= 11 is 10.2. The van der Waals surface area contributed by atoms with E-state index in [-0.39, 0.29) is 5.91 Å². The molecule has 0 aliphatic heterocycles. The molecule has 3 nitrogen and oxygen atoms in total. The molecule has 1 atom stereocenters. The van der Waals surface area contributed by atoms with Gasteiger partial charge in [0.15, 0.2) is 2.14 Å². The average Bonchev–Trinajstić information content (AvgIpc) is 2.47. The highest BCUT2D eigenvalue weighted by Gasteiger charge is 2.34. The summed E-state index contributed by atoms with van der Waals surface area (Å²) < 4.78 is 5.01. The van der Waals surface area contributed by atoms with Crippen molar-refractivity contribution in [3.8, 4) is 5.75 Å². The Hall–Kier alpha value is -0.850. The Morgan fingerprint density at radius 3 is 2.00 bits per heavy atom. The summed E-state index contributed by atoms with van der Waals surface area (Å²) in [5, 5.41) is 2.82. The van der Waals surface area contributed by atoms with E-state index in [1.54, 1.807) is 12.1 Å². The molecule has 21 heavy (non-hydrogen) atoms. The van der Waals surface area contributed by atoms with Crippen LogP contribution in [0.2, 0.25) is 0 Å². The number of halogens is 3. The van der Waals surface area contributed by atoms with E-state index in [1.807, 2.05) is 48.5 Å². The van der Waals surface area contributed by atoms with Gasteiger partial charge in [-0.2, -0.15) is 0 Å². The monoisotopic (exact) mass is 475 g/mol. The number of carbonyl (C=O) groups is 1. The maximum atomic E-state index is 12.2. The third-order valence-electron chi connectivity index (χ3n) is 2.59. The molecule has 0 aliphatic carbocycles. The highest BCUT2D eigenvalue weighted by atomic mass is 80.0. The maximum absolute atomic E-state index is 12.2. The van der Waals surface area contributed by atoms with Gasteiger partial charge in [-0.3, -0.25) is 4.79 Å². The van der Waals surface area contributed by atoms with Crippen LogP contribution >= 0.6 is 47.8 Å². The van der Waals surface area contributed by atoms with E-state index in [1.165, 1.54) is 0 Å². The fraction of sp³-hybridized carbons (Fsp3) is 0.133. The van der Waals surface area contributed by atoms with Crippen molar-refractivity contribution < 1.29 is 9.53 Å². The van der Waals surface area contributed by atoms with E-state index in [0.717, 1.165) is 0 Å². The lowest BCUT2D eigenvalue weighted by Crippen LogP contribution is -2.47. The second kappa shape index (κ2) is 7.42. The Labute approximate surface area is 148 Å². The predicted molar refractivity (Wildman–Crippen MR) is 94.3 cm³/mol. The Kier molecular flexibility index (Phi) is 5.84. The standard InChI is InChI=1S/C15H12Br3NO2/c16-15(17,18)14(21-12-9-5-2-6-10-12)19-13(20)11-7-3-1-4-8-11/h1-10,14H,(H,19,20)/t14-/m0/s1. The number of hydrogen-bond acceptors (Lipinski definition) is 2. The molecule has 1 N–H and O–H groups in total. The van der Waals surface area contributed by atoms with Crippen molar-refractivity contribution in [1.29, 1.82) is 0 Å². The van der Waals surface area contributed by atoms with Crippen LogP contribution in [0.5, 0.6) is 5.75 Å². The summed E-state index contributed by atoms with van der Waals surface area (Å²) in [7, 11) is 0. The van der Waals surface area contributed by atoms with Crippen LogP contribution < -0.4 is 10.1 Å². The van der Waals surface area contributed by atoms with E-state index in [4.69, 9.17) is 4.74 Å². The number of benzene rings is 2. The molecule has 0 saturated heterocycles. The lowest BCUT2D eigenvalue weighted by atomic mass is 10.2. The molecule has 2 rings (SSSR count). The zero-order valence-electron chi connectivity index (χ0n) is 10.8. The number of alkyl halides is 3. The lowest BCUT2D eigenvalue weighted by molar-refractivity contribution is 0.0845. The van der Waals surface area contributed by atoms with Crippen LogP contribution in [0.15, 0.2) is 60.7 Å². The van der Waals surface area contributed by atoms with E-state index in [9.17, 15) is 4.79 Å². The van der Waals surface area contributed by atoms with Crippen molar-refractivity contribution in [2.45, 2.75) is 8.37 Å². The minimum absolute atomic E-state index is 0.223. The molecule has 6 heteroatoms. The van der Waals surface area contributed by atoms with Gasteiger partial charge in [0.2, 0.25) is 6.23 Å². The van der Waals surface area contributed by atoms with Gasteiger partial charge in [-0.1, -0.05) is 84.2 Å². The van der Waals surface area contributed by atoms with E-state index >= 15 is 0 Å². The first-order chi connectivity index (χ1) is 9.97. The summed E-state index contributed by atoms with van der Waals surface area (Å²) in [6.45, 7) is 0. The van der Waals surface area contributed by atoms with Gasteiger partial charge in [0, 0.05) is 5.56 Å². The normalized spacial score (nSPS) is 12.5. The highest BCUT2D eigenvalue weighted by Crippen LogP contribution is 2.38. The molecule has 0 bridgehead atoms. The molecule has 0 aliphatic rings. The Balaban J connectivity index is 2.12. The summed E-state index contributed by atoms with van der Waals surface area (Å²) in [6, 6.07) is 18.2. The van der Waals surface area contributed by atoms with Crippen molar-refractivity contribution in [3.63, 3.8) is 0 Å². The number of para-hydroxylation sites is 1. The minimum Gasteiger partial charge on any atom is -0.467 e. The molecule has 0 aromatic heterocycles. The van der Waals surface area contributed by atoms with Gasteiger partial charge in [0.05, 0.1) is 0 Å². The molecule has 0 radical (unpaired) electrons. The molecule has 0 unspecified atom stereocenters. The van der Waals surface area contributed by atoms with Crippen LogP contribution in [0.1, 0.15) is 10.4 Å². The largest absolute Gasteiger partial charge is 0.467 e. The number of amides is 1. The quantitative estimate of drug-likeness (QED) is 0.514. The average molecular weight is 478 g/mol. The van der Waals surface area contributed by atoms with Gasteiger partial charge >= 0.3 is 0 Å². The van der Waals surface area contributed by atoms with Crippen LogP contribution in [0.3, 0.4) is 0 Å². The second-order valence-electron chi connectivity index (χ2n) is 4.19. The molecular weight excluding hydrogens is 466 g/mol. The maximum Gasteiger partial charge on any atom is 0.254 e. The number of hydrogen-bond donors (Lipinski definition) is 1. The van der Waals surface area contributed by atoms with Gasteiger partial charge < -0.3 is 10.1 Å². The zero-order valence-corrected chi connectivity index (χ0v) is 15.6. The van der Waals surface area contributed by atoms with Gasteiger partial charge in [0.25, 0.3) is 5.91 Å². The smallest absolute Gasteiger partial charge is 0.254 e. The lowest BCUT2D eigenvalue weighted by Gasteiger charge is -2.27. The van der Waals surface area contributed by atoms with Gasteiger partial charge in [-0.05, 0) is 24.3 Å². The molecule has 0 saturated carbocycles. The second-order valence-corrected chi connectivity index (χ2v) is 11.1. The summed E-state index contributed by atoms with van der Waals surface area (Å²) in [4.78, 5) is 12.2.